The molecular formula is C44H30N6. The van der Waals surface area contributed by atoms with Gasteiger partial charge in [-0.1, -0.05) is 109 Å². The Labute approximate surface area is 289 Å². The summed E-state index contributed by atoms with van der Waals surface area (Å²) in [5.41, 5.74) is 11.6. The average Bonchev–Trinajstić information content (AvgIpc) is 3.18. The molecule has 0 radical (unpaired) electrons. The van der Waals surface area contributed by atoms with Crippen molar-refractivity contribution in [2.24, 2.45) is 0 Å². The van der Waals surface area contributed by atoms with E-state index >= 15 is 0 Å². The van der Waals surface area contributed by atoms with Crippen LogP contribution in [0.1, 0.15) is 11.3 Å². The van der Waals surface area contributed by atoms with Crippen LogP contribution in [-0.4, -0.2) is 29.9 Å². The zero-order valence-corrected chi connectivity index (χ0v) is 27.5. The zero-order valence-electron chi connectivity index (χ0n) is 27.5. The molecule has 0 saturated carbocycles. The Morgan fingerprint density at radius 3 is 1.82 bits per heavy atom. The molecular weight excluding hydrogens is 613 g/mol. The van der Waals surface area contributed by atoms with E-state index in [4.69, 9.17) is 29.9 Å². The number of rotatable bonds is 5. The normalized spacial score (nSPS) is 11.4. The summed E-state index contributed by atoms with van der Waals surface area (Å²) in [5, 5.41) is 3.28. The Morgan fingerprint density at radius 2 is 1.02 bits per heavy atom. The molecule has 0 fully saturated rings. The first-order chi connectivity index (χ1) is 24.6. The molecule has 0 aliphatic carbocycles. The van der Waals surface area contributed by atoms with Crippen LogP contribution < -0.4 is 0 Å². The second-order valence-corrected chi connectivity index (χ2v) is 12.5. The number of aryl methyl sites for hydroxylation is 2. The highest BCUT2D eigenvalue weighted by atomic mass is 15.0. The lowest BCUT2D eigenvalue weighted by molar-refractivity contribution is 1.07. The smallest absolute Gasteiger partial charge is 0.164 e. The van der Waals surface area contributed by atoms with Crippen LogP contribution in [0.25, 0.3) is 89.3 Å². The van der Waals surface area contributed by atoms with E-state index in [1.807, 2.05) is 79.9 Å². The molecule has 50 heavy (non-hydrogen) atoms. The van der Waals surface area contributed by atoms with E-state index in [-0.39, 0.29) is 0 Å². The third kappa shape index (κ3) is 5.33. The Kier molecular flexibility index (Phi) is 7.13. The Bertz CT molecular complexity index is 2730. The number of para-hydroxylation sites is 1. The van der Waals surface area contributed by atoms with Crippen LogP contribution in [0.4, 0.5) is 0 Å². The molecule has 0 saturated heterocycles. The highest BCUT2D eigenvalue weighted by Crippen LogP contribution is 2.33. The van der Waals surface area contributed by atoms with E-state index in [9.17, 15) is 0 Å². The van der Waals surface area contributed by atoms with E-state index < -0.39 is 0 Å². The molecule has 6 nitrogen and oxygen atoms in total. The van der Waals surface area contributed by atoms with Gasteiger partial charge in [-0.2, -0.15) is 0 Å². The molecule has 4 aromatic heterocycles. The quantitative estimate of drug-likeness (QED) is 0.174. The van der Waals surface area contributed by atoms with Gasteiger partial charge in [-0.15, -0.1) is 0 Å². The third-order valence-corrected chi connectivity index (χ3v) is 9.13. The lowest BCUT2D eigenvalue weighted by Gasteiger charge is -2.12. The molecule has 236 valence electrons. The number of nitrogens with zero attached hydrogens (tertiary/aromatic N) is 6. The number of hydrogen-bond acceptors (Lipinski definition) is 6. The van der Waals surface area contributed by atoms with Crippen molar-refractivity contribution < 1.29 is 0 Å². The maximum absolute atomic E-state index is 5.18. The fourth-order valence-electron chi connectivity index (χ4n) is 6.62. The molecule has 6 heteroatoms. The van der Waals surface area contributed by atoms with Crippen LogP contribution in [0, 0.1) is 13.8 Å². The highest BCUT2D eigenvalue weighted by molar-refractivity contribution is 6.04. The number of benzene rings is 5. The van der Waals surface area contributed by atoms with Gasteiger partial charge in [0.25, 0.3) is 0 Å². The molecule has 0 bridgehead atoms. The van der Waals surface area contributed by atoms with Gasteiger partial charge in [-0.3, -0.25) is 9.97 Å². The summed E-state index contributed by atoms with van der Waals surface area (Å²) in [5.74, 6) is 1.80. The van der Waals surface area contributed by atoms with Gasteiger partial charge < -0.3 is 0 Å². The maximum Gasteiger partial charge on any atom is 0.164 e. The fraction of sp³-hybridized carbons (Fsp3) is 0.0455. The molecule has 9 rings (SSSR count). The largest absolute Gasteiger partial charge is 0.256 e. The maximum atomic E-state index is 5.18. The Hall–Kier alpha value is -6.66. The number of aromatic nitrogens is 6. The van der Waals surface area contributed by atoms with Crippen LogP contribution in [0.3, 0.4) is 0 Å². The van der Waals surface area contributed by atoms with Crippen molar-refractivity contribution in [3.63, 3.8) is 0 Å². The number of hydrogen-bond donors (Lipinski definition) is 0. The van der Waals surface area contributed by atoms with Crippen molar-refractivity contribution in [1.82, 2.24) is 29.9 Å². The van der Waals surface area contributed by atoms with Crippen molar-refractivity contribution in [3.05, 3.63) is 157 Å². The van der Waals surface area contributed by atoms with Gasteiger partial charge in [0.2, 0.25) is 0 Å². The van der Waals surface area contributed by atoms with Crippen molar-refractivity contribution in [2.45, 2.75) is 13.8 Å². The predicted molar refractivity (Wildman–Crippen MR) is 202 cm³/mol. The molecule has 0 atom stereocenters. The lowest BCUT2D eigenvalue weighted by atomic mass is 10.00. The van der Waals surface area contributed by atoms with Crippen molar-refractivity contribution in [3.8, 4) is 56.5 Å². The molecule has 0 aliphatic heterocycles. The Morgan fingerprint density at radius 1 is 0.400 bits per heavy atom. The third-order valence-electron chi connectivity index (χ3n) is 9.13. The van der Waals surface area contributed by atoms with E-state index in [2.05, 4.69) is 79.7 Å². The van der Waals surface area contributed by atoms with Crippen molar-refractivity contribution in [1.29, 1.82) is 0 Å². The summed E-state index contributed by atoms with van der Waals surface area (Å²) >= 11 is 0. The lowest BCUT2D eigenvalue weighted by Crippen LogP contribution is -2.00. The SMILES string of the molecule is Cc1ccc2ccc3c(C)cc(-c4cccc(-c5nc(-c6ccccc6)nc(-c6cccc(-c7cccc8cccnc78)c6)n5)c4)nc3c2n1. The molecule has 0 spiro atoms. The minimum atomic E-state index is 0.591. The van der Waals surface area contributed by atoms with Gasteiger partial charge in [0.05, 0.1) is 22.2 Å². The summed E-state index contributed by atoms with van der Waals surface area (Å²) in [6, 6.07) is 47.5. The predicted octanol–water partition coefficient (Wildman–Crippen LogP) is 10.5. The van der Waals surface area contributed by atoms with Gasteiger partial charge in [0.1, 0.15) is 0 Å². The van der Waals surface area contributed by atoms with Gasteiger partial charge >= 0.3 is 0 Å². The minimum absolute atomic E-state index is 0.591. The standard InChI is InChI=1S/C44H30N6/c1-27-24-38(47-41-36(27)22-21-30-20-19-28(2)46-40(30)41)33-14-7-16-35(26-33)44-49-42(31-10-4-3-5-11-31)48-43(50-44)34-15-6-13-32(25-34)37-18-8-12-29-17-9-23-45-39(29)37/h3-26H,1-2H3. The Balaban J connectivity index is 1.18. The van der Waals surface area contributed by atoms with Gasteiger partial charge in [0, 0.05) is 55.9 Å². The second-order valence-electron chi connectivity index (χ2n) is 12.5. The molecule has 9 aromatic rings. The first kappa shape index (κ1) is 29.5. The molecule has 0 aliphatic rings. The van der Waals surface area contributed by atoms with Crippen LogP contribution in [-0.2, 0) is 0 Å². The molecule has 0 unspecified atom stereocenters. The molecule has 4 heterocycles. The fourth-order valence-corrected chi connectivity index (χ4v) is 6.62. The monoisotopic (exact) mass is 642 g/mol. The zero-order chi connectivity index (χ0) is 33.6. The first-order valence-corrected chi connectivity index (χ1v) is 16.6. The van der Waals surface area contributed by atoms with E-state index in [0.29, 0.717) is 17.5 Å². The minimum Gasteiger partial charge on any atom is -0.256 e. The topological polar surface area (TPSA) is 77.3 Å². The summed E-state index contributed by atoms with van der Waals surface area (Å²) < 4.78 is 0. The van der Waals surface area contributed by atoms with Gasteiger partial charge in [-0.05, 0) is 55.3 Å². The number of pyridine rings is 3. The summed E-state index contributed by atoms with van der Waals surface area (Å²) in [7, 11) is 0. The average molecular weight is 643 g/mol. The first-order valence-electron chi connectivity index (χ1n) is 16.6. The summed E-state index contributed by atoms with van der Waals surface area (Å²) in [6.07, 6.45) is 1.84. The van der Waals surface area contributed by atoms with E-state index in [1.165, 1.54) is 0 Å². The number of fused-ring (bicyclic) bond motifs is 4. The van der Waals surface area contributed by atoms with Crippen LogP contribution in [0.2, 0.25) is 0 Å². The van der Waals surface area contributed by atoms with Gasteiger partial charge in [0.15, 0.2) is 17.5 Å². The van der Waals surface area contributed by atoms with Crippen LogP contribution >= 0.6 is 0 Å². The highest BCUT2D eigenvalue weighted by Gasteiger charge is 2.16. The van der Waals surface area contributed by atoms with Gasteiger partial charge in [-0.25, -0.2) is 19.9 Å². The van der Waals surface area contributed by atoms with Crippen LogP contribution in [0.15, 0.2) is 146 Å². The van der Waals surface area contributed by atoms with Crippen molar-refractivity contribution >= 4 is 32.7 Å². The molecule has 5 aromatic carbocycles. The van der Waals surface area contributed by atoms with E-state index in [1.54, 1.807) is 0 Å². The molecule has 0 amide bonds. The van der Waals surface area contributed by atoms with Crippen molar-refractivity contribution in [2.75, 3.05) is 0 Å². The second kappa shape index (κ2) is 12.1. The van der Waals surface area contributed by atoms with E-state index in [0.717, 1.165) is 83.0 Å². The molecule has 0 N–H and O–H groups in total. The summed E-state index contributed by atoms with van der Waals surface area (Å²) in [4.78, 5) is 29.8. The van der Waals surface area contributed by atoms with Crippen LogP contribution in [0.5, 0.6) is 0 Å². The summed E-state index contributed by atoms with van der Waals surface area (Å²) in [6.45, 7) is 4.15.